The molecule has 9 heteroatoms. The normalized spacial score (nSPS) is 10.7. The summed E-state index contributed by atoms with van der Waals surface area (Å²) in [4.78, 5) is 14.4. The van der Waals surface area contributed by atoms with Crippen molar-refractivity contribution >= 4 is 45.3 Å². The van der Waals surface area contributed by atoms with Gasteiger partial charge in [0.15, 0.2) is 11.0 Å². The Balaban J connectivity index is 1.69. The van der Waals surface area contributed by atoms with Gasteiger partial charge in [-0.15, -0.1) is 32.9 Å². The highest BCUT2D eigenvalue weighted by Crippen LogP contribution is 2.32. The van der Waals surface area contributed by atoms with Crippen molar-refractivity contribution in [2.24, 2.45) is 0 Å². The predicted octanol–water partition coefficient (Wildman–Crippen LogP) is 4.31. The van der Waals surface area contributed by atoms with Crippen molar-refractivity contribution in [3.63, 3.8) is 0 Å². The first-order chi connectivity index (χ1) is 12.5. The maximum atomic E-state index is 12.3. The summed E-state index contributed by atoms with van der Waals surface area (Å²) >= 11 is 4.39. The predicted molar refractivity (Wildman–Crippen MR) is 107 cm³/mol. The molecule has 0 fully saturated rings. The Hall–Kier alpha value is -2.15. The van der Waals surface area contributed by atoms with Crippen LogP contribution in [0.1, 0.15) is 22.9 Å². The lowest BCUT2D eigenvalue weighted by Gasteiger charge is -2.06. The van der Waals surface area contributed by atoms with E-state index in [0.717, 1.165) is 27.7 Å². The molecule has 0 aliphatic carbocycles. The maximum Gasteiger partial charge on any atom is 0.235 e. The van der Waals surface area contributed by atoms with Crippen LogP contribution in [-0.4, -0.2) is 26.4 Å². The summed E-state index contributed by atoms with van der Waals surface area (Å²) < 4.78 is 2.00. The van der Waals surface area contributed by atoms with Gasteiger partial charge in [-0.3, -0.25) is 4.79 Å². The average molecular weight is 404 g/mol. The number of carbonyl (C=O) groups is 1. The molecule has 0 aliphatic heterocycles. The van der Waals surface area contributed by atoms with Crippen LogP contribution >= 0.6 is 34.4 Å². The van der Waals surface area contributed by atoms with Crippen LogP contribution < -0.4 is 5.32 Å². The number of amides is 1. The molecule has 0 aromatic carbocycles. The van der Waals surface area contributed by atoms with E-state index in [1.165, 1.54) is 23.1 Å². The second-order valence-electron chi connectivity index (χ2n) is 5.46. The number of carbonyl (C=O) groups excluding carboxylic acids is 1. The number of aryl methyl sites for hydroxylation is 1. The van der Waals surface area contributed by atoms with E-state index in [9.17, 15) is 10.1 Å². The molecule has 0 unspecified atom stereocenters. The van der Waals surface area contributed by atoms with Crippen molar-refractivity contribution < 1.29 is 4.79 Å². The summed E-state index contributed by atoms with van der Waals surface area (Å²) in [7, 11) is 0. The Kier molecular flexibility index (Phi) is 5.76. The number of anilines is 1. The molecule has 1 N–H and O–H groups in total. The Morgan fingerprint density at radius 2 is 2.23 bits per heavy atom. The molecule has 3 heterocycles. The standard InChI is InChI=1S/C17H17N5OS3/c1-4-22-15(13-6-5-7-24-13)20-21-17(22)25-9-14(23)19-16-12(8-18)10(2)11(3)26-16/h5-7H,4,9H2,1-3H3,(H,19,23). The lowest BCUT2D eigenvalue weighted by Crippen LogP contribution is -2.14. The highest BCUT2D eigenvalue weighted by Gasteiger charge is 2.17. The van der Waals surface area contributed by atoms with Crippen LogP contribution in [0.25, 0.3) is 10.7 Å². The van der Waals surface area contributed by atoms with Crippen LogP contribution in [0, 0.1) is 25.2 Å². The van der Waals surface area contributed by atoms with Crippen LogP contribution in [0.3, 0.4) is 0 Å². The molecule has 26 heavy (non-hydrogen) atoms. The number of nitrogens with zero attached hydrogens (tertiary/aromatic N) is 4. The van der Waals surface area contributed by atoms with Crippen molar-refractivity contribution in [1.82, 2.24) is 14.8 Å². The van der Waals surface area contributed by atoms with Crippen molar-refractivity contribution in [3.8, 4) is 16.8 Å². The molecule has 0 spiro atoms. The van der Waals surface area contributed by atoms with Gasteiger partial charge in [0.1, 0.15) is 11.1 Å². The van der Waals surface area contributed by atoms with Gasteiger partial charge in [0.25, 0.3) is 0 Å². The minimum Gasteiger partial charge on any atom is -0.316 e. The largest absolute Gasteiger partial charge is 0.316 e. The second-order valence-corrected chi connectivity index (χ2v) is 8.58. The number of thioether (sulfide) groups is 1. The summed E-state index contributed by atoms with van der Waals surface area (Å²) in [6, 6.07) is 6.15. The first-order valence-corrected chi connectivity index (χ1v) is 10.6. The van der Waals surface area contributed by atoms with E-state index in [0.29, 0.717) is 15.7 Å². The van der Waals surface area contributed by atoms with Gasteiger partial charge in [-0.1, -0.05) is 17.8 Å². The molecule has 0 saturated carbocycles. The summed E-state index contributed by atoms with van der Waals surface area (Å²) in [5.74, 6) is 0.876. The highest BCUT2D eigenvalue weighted by atomic mass is 32.2. The Morgan fingerprint density at radius 1 is 1.42 bits per heavy atom. The van der Waals surface area contributed by atoms with Gasteiger partial charge in [0.2, 0.25) is 5.91 Å². The van der Waals surface area contributed by atoms with E-state index >= 15 is 0 Å². The summed E-state index contributed by atoms with van der Waals surface area (Å²) in [5.41, 5.74) is 1.47. The average Bonchev–Trinajstić information content (AvgIpc) is 3.33. The number of hydrogen-bond donors (Lipinski definition) is 1. The lowest BCUT2D eigenvalue weighted by molar-refractivity contribution is -0.113. The van der Waals surface area contributed by atoms with Crippen LogP contribution in [0.2, 0.25) is 0 Å². The summed E-state index contributed by atoms with van der Waals surface area (Å²) in [6.45, 7) is 6.60. The van der Waals surface area contributed by atoms with Crippen LogP contribution in [0.15, 0.2) is 22.7 Å². The molecular formula is C17H17N5OS3. The zero-order valence-corrected chi connectivity index (χ0v) is 17.0. The molecular weight excluding hydrogens is 386 g/mol. The van der Waals surface area contributed by atoms with Gasteiger partial charge < -0.3 is 9.88 Å². The van der Waals surface area contributed by atoms with Gasteiger partial charge in [0, 0.05) is 11.4 Å². The summed E-state index contributed by atoms with van der Waals surface area (Å²) in [5, 5.41) is 23.9. The number of rotatable bonds is 6. The third kappa shape index (κ3) is 3.67. The van der Waals surface area contributed by atoms with Crippen LogP contribution in [0.4, 0.5) is 5.00 Å². The fourth-order valence-electron chi connectivity index (χ4n) is 2.41. The molecule has 134 valence electrons. The topological polar surface area (TPSA) is 83.6 Å². The molecule has 1 amide bonds. The minimum atomic E-state index is -0.156. The Labute approximate surface area is 163 Å². The van der Waals surface area contributed by atoms with Crippen LogP contribution in [0.5, 0.6) is 0 Å². The maximum absolute atomic E-state index is 12.3. The van der Waals surface area contributed by atoms with E-state index in [4.69, 9.17) is 0 Å². The third-order valence-electron chi connectivity index (χ3n) is 3.86. The van der Waals surface area contributed by atoms with E-state index in [2.05, 4.69) is 21.6 Å². The van der Waals surface area contributed by atoms with Gasteiger partial charge >= 0.3 is 0 Å². The van der Waals surface area contributed by atoms with E-state index < -0.39 is 0 Å². The quantitative estimate of drug-likeness (QED) is 0.620. The number of hydrogen-bond acceptors (Lipinski definition) is 7. The van der Waals surface area contributed by atoms with Crippen molar-refractivity contribution in [3.05, 3.63) is 33.5 Å². The monoisotopic (exact) mass is 403 g/mol. The zero-order valence-electron chi connectivity index (χ0n) is 14.6. The third-order valence-corrected chi connectivity index (χ3v) is 6.81. The highest BCUT2D eigenvalue weighted by molar-refractivity contribution is 7.99. The van der Waals surface area contributed by atoms with Gasteiger partial charge in [-0.25, -0.2) is 0 Å². The second kappa shape index (κ2) is 8.03. The van der Waals surface area contributed by atoms with E-state index in [1.54, 1.807) is 11.3 Å². The molecule has 0 radical (unpaired) electrons. The molecule has 6 nitrogen and oxygen atoms in total. The number of aromatic nitrogens is 3. The fourth-order valence-corrected chi connectivity index (χ4v) is 4.96. The number of nitriles is 1. The molecule has 0 atom stereocenters. The van der Waals surface area contributed by atoms with Crippen LogP contribution in [-0.2, 0) is 11.3 Å². The first-order valence-electron chi connectivity index (χ1n) is 7.95. The van der Waals surface area contributed by atoms with Gasteiger partial charge in [-0.2, -0.15) is 5.26 Å². The Bertz CT molecular complexity index is 966. The van der Waals surface area contributed by atoms with Crippen molar-refractivity contribution in [1.29, 1.82) is 5.26 Å². The fraction of sp³-hybridized carbons (Fsp3) is 0.294. The van der Waals surface area contributed by atoms with Gasteiger partial charge in [0.05, 0.1) is 16.2 Å². The molecule has 0 bridgehead atoms. The molecule has 3 aromatic heterocycles. The minimum absolute atomic E-state index is 0.156. The molecule has 0 aliphatic rings. The van der Waals surface area contributed by atoms with E-state index in [-0.39, 0.29) is 11.7 Å². The lowest BCUT2D eigenvalue weighted by atomic mass is 10.2. The smallest absolute Gasteiger partial charge is 0.235 e. The SMILES string of the molecule is CCn1c(SCC(=O)Nc2sc(C)c(C)c2C#N)nnc1-c1cccs1. The number of nitrogens with one attached hydrogen (secondary N) is 1. The molecule has 3 aromatic rings. The van der Waals surface area contributed by atoms with Crippen molar-refractivity contribution in [2.75, 3.05) is 11.1 Å². The first kappa shape index (κ1) is 18.6. The molecule has 3 rings (SSSR count). The van der Waals surface area contributed by atoms with Gasteiger partial charge in [-0.05, 0) is 37.8 Å². The Morgan fingerprint density at radius 3 is 2.88 bits per heavy atom. The zero-order chi connectivity index (χ0) is 18.7. The number of thiophene rings is 2. The summed E-state index contributed by atoms with van der Waals surface area (Å²) in [6.07, 6.45) is 0. The van der Waals surface area contributed by atoms with Crippen molar-refractivity contribution in [2.45, 2.75) is 32.5 Å². The molecule has 0 saturated heterocycles. The van der Waals surface area contributed by atoms with E-state index in [1.807, 2.05) is 42.9 Å².